The van der Waals surface area contributed by atoms with E-state index in [1.54, 1.807) is 12.1 Å². The van der Waals surface area contributed by atoms with Gasteiger partial charge < -0.3 is 15.3 Å². The SMILES string of the molecule is C[C@@](O)([C@H](O)Cc1ccc(F)cc1)[C@H]1CC[C@H]2[C@@H]3CC[C@H]4C[C@@H](O)CC[C@]4(C)[C@H]3CC[C@]12C. The van der Waals surface area contributed by atoms with E-state index in [0.29, 0.717) is 29.6 Å². The van der Waals surface area contributed by atoms with Crippen molar-refractivity contribution in [2.45, 2.75) is 103 Å². The van der Waals surface area contributed by atoms with Crippen molar-refractivity contribution in [1.82, 2.24) is 0 Å². The fourth-order valence-corrected chi connectivity index (χ4v) is 9.48. The van der Waals surface area contributed by atoms with Crippen molar-refractivity contribution >= 4 is 0 Å². The lowest BCUT2D eigenvalue weighted by Crippen LogP contribution is -2.57. The van der Waals surface area contributed by atoms with E-state index in [4.69, 9.17) is 0 Å². The molecule has 0 saturated heterocycles. The molecule has 0 heterocycles. The normalized spacial score (nSPS) is 45.4. The molecule has 5 rings (SSSR count). The summed E-state index contributed by atoms with van der Waals surface area (Å²) in [6.07, 6.45) is 9.38. The summed E-state index contributed by atoms with van der Waals surface area (Å²) >= 11 is 0. The highest BCUT2D eigenvalue weighted by atomic mass is 19.1. The first-order valence-corrected chi connectivity index (χ1v) is 13.4. The van der Waals surface area contributed by atoms with Gasteiger partial charge in [0.1, 0.15) is 5.82 Å². The van der Waals surface area contributed by atoms with Crippen LogP contribution in [0.4, 0.5) is 4.39 Å². The van der Waals surface area contributed by atoms with Crippen LogP contribution < -0.4 is 0 Å². The average molecular weight is 459 g/mol. The zero-order chi connectivity index (χ0) is 23.6. The average Bonchev–Trinajstić information content (AvgIpc) is 3.14. The number of aliphatic hydroxyl groups is 3. The molecule has 4 heteroatoms. The van der Waals surface area contributed by atoms with Crippen LogP contribution in [0.2, 0.25) is 0 Å². The Hall–Kier alpha value is -0.970. The van der Waals surface area contributed by atoms with Crippen LogP contribution in [0.15, 0.2) is 24.3 Å². The van der Waals surface area contributed by atoms with Crippen LogP contribution in [-0.4, -0.2) is 33.1 Å². The molecule has 3 nitrogen and oxygen atoms in total. The van der Waals surface area contributed by atoms with Crippen molar-refractivity contribution in [3.05, 3.63) is 35.6 Å². The Morgan fingerprint density at radius 3 is 2.36 bits per heavy atom. The van der Waals surface area contributed by atoms with Crippen LogP contribution in [-0.2, 0) is 6.42 Å². The molecule has 4 aliphatic carbocycles. The van der Waals surface area contributed by atoms with Gasteiger partial charge in [-0.1, -0.05) is 26.0 Å². The fourth-order valence-electron chi connectivity index (χ4n) is 9.48. The highest BCUT2D eigenvalue weighted by Gasteiger charge is 2.63. The largest absolute Gasteiger partial charge is 0.393 e. The first-order chi connectivity index (χ1) is 15.6. The molecule has 0 amide bonds. The van der Waals surface area contributed by atoms with Crippen molar-refractivity contribution in [2.75, 3.05) is 0 Å². The molecule has 10 atom stereocenters. The topological polar surface area (TPSA) is 60.7 Å². The zero-order valence-electron chi connectivity index (χ0n) is 20.6. The van der Waals surface area contributed by atoms with Crippen molar-refractivity contribution in [3.8, 4) is 0 Å². The molecule has 0 bridgehead atoms. The quantitative estimate of drug-likeness (QED) is 0.558. The number of benzene rings is 1. The van der Waals surface area contributed by atoms with Crippen molar-refractivity contribution in [1.29, 1.82) is 0 Å². The van der Waals surface area contributed by atoms with Crippen LogP contribution in [0.5, 0.6) is 0 Å². The Morgan fingerprint density at radius 2 is 1.64 bits per heavy atom. The van der Waals surface area contributed by atoms with Crippen LogP contribution in [0.25, 0.3) is 0 Å². The summed E-state index contributed by atoms with van der Waals surface area (Å²) in [5.74, 6) is 2.49. The summed E-state index contributed by atoms with van der Waals surface area (Å²) in [4.78, 5) is 0. The number of hydrogen-bond acceptors (Lipinski definition) is 3. The van der Waals surface area contributed by atoms with Gasteiger partial charge in [0.2, 0.25) is 0 Å². The first-order valence-electron chi connectivity index (χ1n) is 13.4. The third-order valence-electron chi connectivity index (χ3n) is 11.4. The molecule has 4 fully saturated rings. The molecule has 3 N–H and O–H groups in total. The number of hydrogen-bond donors (Lipinski definition) is 3. The highest BCUT2D eigenvalue weighted by molar-refractivity contribution is 5.19. The maximum absolute atomic E-state index is 13.3. The molecular weight excluding hydrogens is 415 g/mol. The van der Waals surface area contributed by atoms with E-state index in [-0.39, 0.29) is 23.3 Å². The molecule has 1 aromatic rings. The summed E-state index contributed by atoms with van der Waals surface area (Å²) in [5.41, 5.74) is 0.0944. The third-order valence-corrected chi connectivity index (χ3v) is 11.4. The minimum Gasteiger partial charge on any atom is -0.393 e. The Bertz CT molecular complexity index is 853. The number of aliphatic hydroxyl groups excluding tert-OH is 2. The molecule has 4 saturated carbocycles. The predicted octanol–water partition coefficient (Wildman–Crippen LogP) is 5.50. The second-order valence-corrected chi connectivity index (χ2v) is 12.8. The van der Waals surface area contributed by atoms with E-state index >= 15 is 0 Å². The van der Waals surface area contributed by atoms with Gasteiger partial charge in [0.25, 0.3) is 0 Å². The van der Waals surface area contributed by atoms with Gasteiger partial charge in [0, 0.05) is 6.42 Å². The minimum atomic E-state index is -1.17. The van der Waals surface area contributed by atoms with E-state index in [0.717, 1.165) is 50.0 Å². The summed E-state index contributed by atoms with van der Waals surface area (Å²) in [6, 6.07) is 6.26. The highest BCUT2D eigenvalue weighted by Crippen LogP contribution is 2.68. The first kappa shape index (κ1) is 23.8. The molecule has 0 aliphatic heterocycles. The fraction of sp³-hybridized carbons (Fsp3) is 0.793. The van der Waals surface area contributed by atoms with Crippen molar-refractivity contribution in [2.24, 2.45) is 40.4 Å². The Labute approximate surface area is 198 Å². The Morgan fingerprint density at radius 1 is 0.970 bits per heavy atom. The van der Waals surface area contributed by atoms with E-state index in [2.05, 4.69) is 13.8 Å². The number of rotatable bonds is 4. The monoisotopic (exact) mass is 458 g/mol. The Kier molecular flexibility index (Phi) is 5.98. The van der Waals surface area contributed by atoms with E-state index in [1.807, 2.05) is 6.92 Å². The van der Waals surface area contributed by atoms with Gasteiger partial charge in [-0.15, -0.1) is 0 Å². The van der Waals surface area contributed by atoms with E-state index in [9.17, 15) is 19.7 Å². The summed E-state index contributed by atoms with van der Waals surface area (Å²) in [6.45, 7) is 6.74. The maximum Gasteiger partial charge on any atom is 0.123 e. The molecule has 1 aromatic carbocycles. The zero-order valence-corrected chi connectivity index (χ0v) is 20.6. The Balaban J connectivity index is 1.34. The van der Waals surface area contributed by atoms with Gasteiger partial charge in [0.05, 0.1) is 17.8 Å². The molecule has 33 heavy (non-hydrogen) atoms. The molecule has 0 spiro atoms. The number of fused-ring (bicyclic) bond motifs is 5. The van der Waals surface area contributed by atoms with Gasteiger partial charge in [0.15, 0.2) is 0 Å². The van der Waals surface area contributed by atoms with Gasteiger partial charge in [-0.2, -0.15) is 0 Å². The van der Waals surface area contributed by atoms with Crippen LogP contribution in [0.3, 0.4) is 0 Å². The van der Waals surface area contributed by atoms with E-state index < -0.39 is 11.7 Å². The molecule has 184 valence electrons. The van der Waals surface area contributed by atoms with Crippen LogP contribution in [0.1, 0.15) is 84.1 Å². The second kappa shape index (κ2) is 8.31. The predicted molar refractivity (Wildman–Crippen MR) is 128 cm³/mol. The van der Waals surface area contributed by atoms with Crippen LogP contribution in [0, 0.1) is 46.2 Å². The van der Waals surface area contributed by atoms with Gasteiger partial charge in [-0.25, -0.2) is 4.39 Å². The smallest absolute Gasteiger partial charge is 0.123 e. The molecular formula is C29H43FO3. The molecule has 4 aliphatic rings. The lowest BCUT2D eigenvalue weighted by molar-refractivity contribution is -0.165. The van der Waals surface area contributed by atoms with E-state index in [1.165, 1.54) is 31.4 Å². The second-order valence-electron chi connectivity index (χ2n) is 12.8. The summed E-state index contributed by atoms with van der Waals surface area (Å²) < 4.78 is 13.3. The molecule has 0 unspecified atom stereocenters. The standard InChI is InChI=1S/C29H43FO3/c1-27-14-12-21(31)17-19(27)6-9-22-23-10-11-25(28(23,2)15-13-24(22)27)29(3,33)26(32)16-18-4-7-20(30)8-5-18/h4-5,7-8,19,21-26,31-33H,6,9-17H2,1-3H3/t19-,21-,22-,23-,24-,25-,26+,27-,28-,29-/m0/s1. The maximum atomic E-state index is 13.3. The van der Waals surface area contributed by atoms with Crippen molar-refractivity contribution in [3.63, 3.8) is 0 Å². The van der Waals surface area contributed by atoms with Gasteiger partial charge in [-0.05, 0) is 123 Å². The molecule has 0 radical (unpaired) electrons. The third kappa shape index (κ3) is 3.79. The number of halogens is 1. The summed E-state index contributed by atoms with van der Waals surface area (Å²) in [7, 11) is 0. The van der Waals surface area contributed by atoms with Gasteiger partial charge in [-0.3, -0.25) is 0 Å². The van der Waals surface area contributed by atoms with Gasteiger partial charge >= 0.3 is 0 Å². The lowest BCUT2D eigenvalue weighted by atomic mass is 9.44. The minimum absolute atomic E-state index is 0.0474. The van der Waals surface area contributed by atoms with Crippen molar-refractivity contribution < 1.29 is 19.7 Å². The molecule has 0 aromatic heterocycles. The lowest BCUT2D eigenvalue weighted by Gasteiger charge is -2.61. The van der Waals surface area contributed by atoms with Crippen LogP contribution >= 0.6 is 0 Å². The summed E-state index contributed by atoms with van der Waals surface area (Å²) in [5, 5.41) is 33.1.